The molecule has 5 nitrogen and oxygen atoms in total. The monoisotopic (exact) mass is 376 g/mol. The molecule has 146 valence electrons. The van der Waals surface area contributed by atoms with Crippen molar-refractivity contribution in [1.82, 2.24) is 20.3 Å². The van der Waals surface area contributed by atoms with Gasteiger partial charge in [0.1, 0.15) is 5.52 Å². The average Bonchev–Trinajstić information content (AvgIpc) is 3.07. The van der Waals surface area contributed by atoms with E-state index in [2.05, 4.69) is 46.8 Å². The predicted molar refractivity (Wildman–Crippen MR) is 111 cm³/mol. The fraction of sp³-hybridized carbons (Fsp3) is 0.435. The lowest BCUT2D eigenvalue weighted by atomic mass is 9.96. The van der Waals surface area contributed by atoms with Gasteiger partial charge in [-0.3, -0.25) is 4.79 Å². The van der Waals surface area contributed by atoms with Gasteiger partial charge in [-0.25, -0.2) is 4.68 Å². The van der Waals surface area contributed by atoms with Crippen molar-refractivity contribution in [3.8, 4) is 0 Å². The number of nitrogens with one attached hydrogen (secondary N) is 1. The van der Waals surface area contributed by atoms with Crippen molar-refractivity contribution in [2.75, 3.05) is 0 Å². The average molecular weight is 377 g/mol. The van der Waals surface area contributed by atoms with Gasteiger partial charge in [-0.05, 0) is 43.5 Å². The number of rotatable bonds is 4. The van der Waals surface area contributed by atoms with Crippen LogP contribution in [0.5, 0.6) is 0 Å². The van der Waals surface area contributed by atoms with Crippen molar-refractivity contribution in [1.29, 1.82) is 0 Å². The highest BCUT2D eigenvalue weighted by Crippen LogP contribution is 2.19. The third kappa shape index (κ3) is 4.41. The third-order valence-corrected chi connectivity index (χ3v) is 5.67. The van der Waals surface area contributed by atoms with E-state index in [1.807, 2.05) is 22.9 Å². The lowest BCUT2D eigenvalue weighted by Crippen LogP contribution is -2.35. The number of amides is 1. The van der Waals surface area contributed by atoms with Crippen LogP contribution in [0.4, 0.5) is 0 Å². The molecule has 0 aliphatic heterocycles. The van der Waals surface area contributed by atoms with Crippen LogP contribution in [-0.4, -0.2) is 26.9 Å². The molecular formula is C23H28N4O. The van der Waals surface area contributed by atoms with Gasteiger partial charge in [-0.2, -0.15) is 0 Å². The standard InChI is InChI=1S/C23H28N4O/c1-17-9-11-18(12-10-17)16-27-22-14-13-19(15-21(22)25-26-27)23(28)24-20-7-5-3-2-4-6-8-20/h9-15,20H,2-8,16H2,1H3,(H,24,28). The second kappa shape index (κ2) is 8.55. The van der Waals surface area contributed by atoms with Gasteiger partial charge in [0.2, 0.25) is 0 Å². The molecule has 1 aliphatic carbocycles. The molecule has 0 unspecified atom stereocenters. The van der Waals surface area contributed by atoms with Gasteiger partial charge in [0.25, 0.3) is 5.91 Å². The highest BCUT2D eigenvalue weighted by molar-refractivity contribution is 5.97. The number of carbonyl (C=O) groups is 1. The Hall–Kier alpha value is -2.69. The zero-order chi connectivity index (χ0) is 19.3. The Bertz CT molecular complexity index is 937. The highest BCUT2D eigenvalue weighted by atomic mass is 16.1. The minimum atomic E-state index is 0.000517. The Kier molecular flexibility index (Phi) is 5.70. The van der Waals surface area contributed by atoms with E-state index in [0.717, 1.165) is 23.9 Å². The van der Waals surface area contributed by atoms with Crippen molar-refractivity contribution in [2.24, 2.45) is 0 Å². The van der Waals surface area contributed by atoms with Crippen LogP contribution >= 0.6 is 0 Å². The number of nitrogens with zero attached hydrogens (tertiary/aromatic N) is 3. The molecule has 4 rings (SSSR count). The van der Waals surface area contributed by atoms with E-state index < -0.39 is 0 Å². The first kappa shape index (κ1) is 18.7. The normalized spacial score (nSPS) is 15.9. The van der Waals surface area contributed by atoms with E-state index in [4.69, 9.17) is 0 Å². The minimum Gasteiger partial charge on any atom is -0.349 e. The van der Waals surface area contributed by atoms with E-state index in [0.29, 0.717) is 18.2 Å². The molecule has 1 N–H and O–H groups in total. The molecule has 1 saturated carbocycles. The summed E-state index contributed by atoms with van der Waals surface area (Å²) < 4.78 is 1.89. The van der Waals surface area contributed by atoms with E-state index >= 15 is 0 Å². The SMILES string of the molecule is Cc1ccc(Cn2nnc3cc(C(=O)NC4CCCCCCC4)ccc32)cc1. The lowest BCUT2D eigenvalue weighted by molar-refractivity contribution is 0.0930. The highest BCUT2D eigenvalue weighted by Gasteiger charge is 2.16. The maximum atomic E-state index is 12.7. The van der Waals surface area contributed by atoms with Crippen molar-refractivity contribution in [2.45, 2.75) is 64.5 Å². The largest absolute Gasteiger partial charge is 0.349 e. The Balaban J connectivity index is 1.47. The number of aryl methyl sites for hydroxylation is 1. The van der Waals surface area contributed by atoms with Crippen molar-refractivity contribution in [3.05, 3.63) is 59.2 Å². The first-order chi connectivity index (χ1) is 13.7. The summed E-state index contributed by atoms with van der Waals surface area (Å²) in [7, 11) is 0. The molecule has 0 saturated heterocycles. The second-order valence-electron chi connectivity index (χ2n) is 7.95. The molecule has 1 aromatic heterocycles. The van der Waals surface area contributed by atoms with Gasteiger partial charge in [-0.1, -0.05) is 67.1 Å². The first-order valence-corrected chi connectivity index (χ1v) is 10.4. The number of benzene rings is 2. The fourth-order valence-corrected chi connectivity index (χ4v) is 3.97. The molecule has 1 aliphatic rings. The Morgan fingerprint density at radius 2 is 1.75 bits per heavy atom. The van der Waals surface area contributed by atoms with Gasteiger partial charge in [0, 0.05) is 11.6 Å². The fourth-order valence-electron chi connectivity index (χ4n) is 3.97. The molecule has 0 radical (unpaired) electrons. The number of fused-ring (bicyclic) bond motifs is 1. The van der Waals surface area contributed by atoms with E-state index in [1.165, 1.54) is 43.2 Å². The summed E-state index contributed by atoms with van der Waals surface area (Å²) in [6.45, 7) is 2.75. The van der Waals surface area contributed by atoms with Crippen LogP contribution in [0, 0.1) is 6.92 Å². The molecule has 1 fully saturated rings. The van der Waals surface area contributed by atoms with Gasteiger partial charge >= 0.3 is 0 Å². The van der Waals surface area contributed by atoms with Crippen LogP contribution in [0.3, 0.4) is 0 Å². The topological polar surface area (TPSA) is 59.8 Å². The molecule has 5 heteroatoms. The van der Waals surface area contributed by atoms with Gasteiger partial charge in [0.05, 0.1) is 12.1 Å². The molecule has 28 heavy (non-hydrogen) atoms. The maximum absolute atomic E-state index is 12.7. The summed E-state index contributed by atoms with van der Waals surface area (Å²) in [5.74, 6) is 0.000517. The molecule has 3 aromatic rings. The summed E-state index contributed by atoms with van der Waals surface area (Å²) in [5.41, 5.74) is 4.80. The zero-order valence-electron chi connectivity index (χ0n) is 16.5. The predicted octanol–water partition coefficient (Wildman–Crippen LogP) is 4.63. The zero-order valence-corrected chi connectivity index (χ0v) is 16.5. The summed E-state index contributed by atoms with van der Waals surface area (Å²) in [6, 6.07) is 14.4. The minimum absolute atomic E-state index is 0.000517. The molecule has 1 heterocycles. The molecule has 0 atom stereocenters. The summed E-state index contributed by atoms with van der Waals surface area (Å²) >= 11 is 0. The third-order valence-electron chi connectivity index (χ3n) is 5.67. The summed E-state index contributed by atoms with van der Waals surface area (Å²) in [6.07, 6.45) is 8.47. The van der Waals surface area contributed by atoms with Crippen molar-refractivity contribution >= 4 is 16.9 Å². The number of carbonyl (C=O) groups excluding carboxylic acids is 1. The van der Waals surface area contributed by atoms with Crippen LogP contribution in [-0.2, 0) is 6.54 Å². The number of aromatic nitrogens is 3. The molecule has 0 spiro atoms. The van der Waals surface area contributed by atoms with Gasteiger partial charge in [-0.15, -0.1) is 5.10 Å². The molecule has 1 amide bonds. The van der Waals surface area contributed by atoms with Crippen LogP contribution in [0.15, 0.2) is 42.5 Å². The molecule has 0 bridgehead atoms. The smallest absolute Gasteiger partial charge is 0.251 e. The Morgan fingerprint density at radius 1 is 1.04 bits per heavy atom. The summed E-state index contributed by atoms with van der Waals surface area (Å²) in [5, 5.41) is 11.8. The Labute approximate surface area is 166 Å². The molecular weight excluding hydrogens is 348 g/mol. The first-order valence-electron chi connectivity index (χ1n) is 10.4. The van der Waals surface area contributed by atoms with Crippen molar-refractivity contribution in [3.63, 3.8) is 0 Å². The van der Waals surface area contributed by atoms with Crippen LogP contribution in [0.2, 0.25) is 0 Å². The van der Waals surface area contributed by atoms with Crippen LogP contribution < -0.4 is 5.32 Å². The van der Waals surface area contributed by atoms with E-state index in [9.17, 15) is 4.79 Å². The van der Waals surface area contributed by atoms with E-state index in [-0.39, 0.29) is 5.91 Å². The van der Waals surface area contributed by atoms with Crippen LogP contribution in [0.25, 0.3) is 11.0 Å². The van der Waals surface area contributed by atoms with Gasteiger partial charge < -0.3 is 5.32 Å². The molecule has 2 aromatic carbocycles. The summed E-state index contributed by atoms with van der Waals surface area (Å²) in [4.78, 5) is 12.7. The van der Waals surface area contributed by atoms with Crippen molar-refractivity contribution < 1.29 is 4.79 Å². The van der Waals surface area contributed by atoms with Gasteiger partial charge in [0.15, 0.2) is 0 Å². The second-order valence-corrected chi connectivity index (χ2v) is 7.95. The Morgan fingerprint density at radius 3 is 2.50 bits per heavy atom. The quantitative estimate of drug-likeness (QED) is 0.722. The van der Waals surface area contributed by atoms with Crippen LogP contribution in [0.1, 0.15) is 66.4 Å². The lowest BCUT2D eigenvalue weighted by Gasteiger charge is -2.21. The number of hydrogen-bond acceptors (Lipinski definition) is 3. The van der Waals surface area contributed by atoms with E-state index in [1.54, 1.807) is 0 Å². The maximum Gasteiger partial charge on any atom is 0.251 e. The number of hydrogen-bond donors (Lipinski definition) is 1.